The lowest BCUT2D eigenvalue weighted by molar-refractivity contribution is -0.123. The number of anilines is 1. The number of pyridine rings is 1. The highest BCUT2D eigenvalue weighted by Crippen LogP contribution is 2.40. The van der Waals surface area contributed by atoms with Crippen molar-refractivity contribution in [2.24, 2.45) is 11.8 Å². The summed E-state index contributed by atoms with van der Waals surface area (Å²) in [4.78, 5) is 32.8. The van der Waals surface area contributed by atoms with Crippen molar-refractivity contribution in [1.29, 1.82) is 0 Å². The fourth-order valence-corrected chi connectivity index (χ4v) is 5.54. The predicted octanol–water partition coefficient (Wildman–Crippen LogP) is 6.74. The smallest absolute Gasteiger partial charge is 0.348 e. The SMILES string of the molecule is CC(C)N(c1cc(-c2ccc(-c3ccccn3)cc2)sc1C(=O)O)C(=O)[C@H]1CC[C@H](C)CC1. The van der Waals surface area contributed by atoms with Crippen LogP contribution < -0.4 is 4.90 Å². The van der Waals surface area contributed by atoms with Gasteiger partial charge in [-0.1, -0.05) is 37.3 Å². The molecule has 6 heteroatoms. The van der Waals surface area contributed by atoms with Crippen molar-refractivity contribution >= 4 is 28.9 Å². The first kappa shape index (κ1) is 23.2. The highest BCUT2D eigenvalue weighted by Gasteiger charge is 2.33. The molecule has 1 amide bonds. The van der Waals surface area contributed by atoms with Gasteiger partial charge in [0.15, 0.2) is 0 Å². The fourth-order valence-electron chi connectivity index (χ4n) is 4.55. The van der Waals surface area contributed by atoms with Gasteiger partial charge in [0.1, 0.15) is 4.88 Å². The van der Waals surface area contributed by atoms with Gasteiger partial charge in [-0.25, -0.2) is 4.79 Å². The number of benzene rings is 1. The summed E-state index contributed by atoms with van der Waals surface area (Å²) < 4.78 is 0. The third-order valence-electron chi connectivity index (χ3n) is 6.42. The van der Waals surface area contributed by atoms with Crippen molar-refractivity contribution in [1.82, 2.24) is 4.98 Å². The van der Waals surface area contributed by atoms with E-state index in [1.54, 1.807) is 11.1 Å². The number of thiophene rings is 1. The van der Waals surface area contributed by atoms with Crippen LogP contribution in [-0.4, -0.2) is 28.0 Å². The van der Waals surface area contributed by atoms with Gasteiger partial charge < -0.3 is 10.0 Å². The molecule has 1 N–H and O–H groups in total. The number of amides is 1. The molecule has 0 bridgehead atoms. The summed E-state index contributed by atoms with van der Waals surface area (Å²) in [6.07, 6.45) is 5.60. The average molecular weight is 463 g/mol. The third kappa shape index (κ3) is 5.01. The number of carboxylic acids is 1. The lowest BCUT2D eigenvalue weighted by Gasteiger charge is -2.33. The molecule has 0 unspecified atom stereocenters. The molecule has 0 aliphatic heterocycles. The minimum atomic E-state index is -0.998. The molecule has 4 rings (SSSR count). The maximum Gasteiger partial charge on any atom is 0.348 e. The molecule has 3 aromatic rings. The molecule has 1 aliphatic carbocycles. The van der Waals surface area contributed by atoms with Crippen molar-refractivity contribution in [3.8, 4) is 21.7 Å². The Morgan fingerprint density at radius 2 is 1.70 bits per heavy atom. The number of rotatable bonds is 6. The number of carbonyl (C=O) groups is 2. The number of hydrogen-bond acceptors (Lipinski definition) is 4. The van der Waals surface area contributed by atoms with E-state index in [0.717, 1.165) is 47.4 Å². The average Bonchev–Trinajstić information content (AvgIpc) is 3.25. The van der Waals surface area contributed by atoms with E-state index in [4.69, 9.17) is 0 Å². The van der Waals surface area contributed by atoms with E-state index in [0.29, 0.717) is 11.6 Å². The van der Waals surface area contributed by atoms with Gasteiger partial charge in [0.25, 0.3) is 0 Å². The van der Waals surface area contributed by atoms with Gasteiger partial charge in [0.05, 0.1) is 11.4 Å². The zero-order valence-electron chi connectivity index (χ0n) is 19.3. The van der Waals surface area contributed by atoms with Crippen molar-refractivity contribution in [3.63, 3.8) is 0 Å². The van der Waals surface area contributed by atoms with E-state index in [9.17, 15) is 14.7 Å². The second-order valence-electron chi connectivity index (χ2n) is 9.18. The molecule has 0 atom stereocenters. The van der Waals surface area contributed by atoms with Crippen LogP contribution in [0.4, 0.5) is 5.69 Å². The zero-order valence-corrected chi connectivity index (χ0v) is 20.1. The molecular formula is C27H30N2O3S. The Morgan fingerprint density at radius 3 is 2.27 bits per heavy atom. The molecule has 33 heavy (non-hydrogen) atoms. The van der Waals surface area contributed by atoms with E-state index in [1.165, 1.54) is 11.3 Å². The Hall–Kier alpha value is -2.99. The number of nitrogens with zero attached hydrogens (tertiary/aromatic N) is 2. The number of carboxylic acid groups (broad SMARTS) is 1. The minimum Gasteiger partial charge on any atom is -0.477 e. The topological polar surface area (TPSA) is 70.5 Å². The second-order valence-corrected chi connectivity index (χ2v) is 10.2. The molecule has 1 saturated carbocycles. The lowest BCUT2D eigenvalue weighted by Crippen LogP contribution is -2.42. The summed E-state index contributed by atoms with van der Waals surface area (Å²) in [6.45, 7) is 6.13. The summed E-state index contributed by atoms with van der Waals surface area (Å²) in [5.41, 5.74) is 3.33. The number of carbonyl (C=O) groups excluding carboxylic acids is 1. The van der Waals surface area contributed by atoms with Gasteiger partial charge in [-0.15, -0.1) is 11.3 Å². The predicted molar refractivity (Wildman–Crippen MR) is 134 cm³/mol. The van der Waals surface area contributed by atoms with Crippen LogP contribution in [-0.2, 0) is 4.79 Å². The molecule has 1 aromatic carbocycles. The molecule has 2 aromatic heterocycles. The lowest BCUT2D eigenvalue weighted by atomic mass is 9.82. The van der Waals surface area contributed by atoms with E-state index in [1.807, 2.05) is 62.4 Å². The summed E-state index contributed by atoms with van der Waals surface area (Å²) in [5.74, 6) is -0.333. The molecule has 0 radical (unpaired) electrons. The van der Waals surface area contributed by atoms with Gasteiger partial charge in [-0.3, -0.25) is 9.78 Å². The summed E-state index contributed by atoms with van der Waals surface area (Å²) in [5, 5.41) is 9.94. The summed E-state index contributed by atoms with van der Waals surface area (Å²) in [6, 6.07) is 15.5. The first-order valence-corrected chi connectivity index (χ1v) is 12.4. The van der Waals surface area contributed by atoms with Crippen molar-refractivity contribution in [2.75, 3.05) is 4.90 Å². The number of aromatic carboxylic acids is 1. The Bertz CT molecular complexity index is 1110. The Morgan fingerprint density at radius 1 is 1.03 bits per heavy atom. The van der Waals surface area contributed by atoms with Crippen LogP contribution in [0, 0.1) is 11.8 Å². The van der Waals surface area contributed by atoms with Crippen LogP contribution in [0.25, 0.3) is 21.7 Å². The molecule has 1 fully saturated rings. The molecule has 0 saturated heterocycles. The normalized spacial score (nSPS) is 18.3. The van der Waals surface area contributed by atoms with Crippen molar-refractivity contribution < 1.29 is 14.7 Å². The highest BCUT2D eigenvalue weighted by molar-refractivity contribution is 7.18. The summed E-state index contributed by atoms with van der Waals surface area (Å²) >= 11 is 1.22. The zero-order chi connectivity index (χ0) is 23.5. The first-order chi connectivity index (χ1) is 15.8. The van der Waals surface area contributed by atoms with Crippen LogP contribution in [0.1, 0.15) is 56.1 Å². The van der Waals surface area contributed by atoms with Crippen LogP contribution in [0.2, 0.25) is 0 Å². The maximum absolute atomic E-state index is 13.5. The maximum atomic E-state index is 13.5. The largest absolute Gasteiger partial charge is 0.477 e. The number of aromatic nitrogens is 1. The van der Waals surface area contributed by atoms with E-state index < -0.39 is 5.97 Å². The van der Waals surface area contributed by atoms with Gasteiger partial charge in [0, 0.05) is 28.6 Å². The molecule has 5 nitrogen and oxygen atoms in total. The van der Waals surface area contributed by atoms with Gasteiger partial charge in [-0.2, -0.15) is 0 Å². The Balaban J connectivity index is 1.66. The summed E-state index contributed by atoms with van der Waals surface area (Å²) in [7, 11) is 0. The molecule has 0 spiro atoms. The molecular weight excluding hydrogens is 432 g/mol. The highest BCUT2D eigenvalue weighted by atomic mass is 32.1. The van der Waals surface area contributed by atoms with E-state index >= 15 is 0 Å². The van der Waals surface area contributed by atoms with Crippen LogP contribution in [0.5, 0.6) is 0 Å². The molecule has 1 aliphatic rings. The van der Waals surface area contributed by atoms with Gasteiger partial charge >= 0.3 is 5.97 Å². The quantitative estimate of drug-likeness (QED) is 0.440. The van der Waals surface area contributed by atoms with Crippen LogP contribution in [0.3, 0.4) is 0 Å². The fraction of sp³-hybridized carbons (Fsp3) is 0.370. The van der Waals surface area contributed by atoms with Gasteiger partial charge in [-0.05, 0) is 69.2 Å². The standard InChI is InChI=1S/C27H30N2O3S/c1-17(2)29(26(30)21-9-7-18(3)8-10-21)23-16-24(33-25(23)27(31)32)20-13-11-19(12-14-20)22-6-4-5-15-28-22/h4-6,11-18,21H,7-10H2,1-3H3,(H,31,32)/t18-,21-. The monoisotopic (exact) mass is 462 g/mol. The van der Waals surface area contributed by atoms with Crippen LogP contribution >= 0.6 is 11.3 Å². The Kier molecular flexibility index (Phi) is 6.94. The number of hydrogen-bond donors (Lipinski definition) is 1. The van der Waals surface area contributed by atoms with Crippen molar-refractivity contribution in [2.45, 2.75) is 52.5 Å². The van der Waals surface area contributed by atoms with Crippen LogP contribution in [0.15, 0.2) is 54.7 Å². The van der Waals surface area contributed by atoms with Gasteiger partial charge in [0.2, 0.25) is 5.91 Å². The molecule has 172 valence electrons. The second kappa shape index (κ2) is 9.87. The van der Waals surface area contributed by atoms with Crippen molar-refractivity contribution in [3.05, 3.63) is 59.6 Å². The van der Waals surface area contributed by atoms with E-state index in [-0.39, 0.29) is 22.7 Å². The first-order valence-electron chi connectivity index (χ1n) is 11.6. The minimum absolute atomic E-state index is 0.0359. The Labute approximate surface area is 199 Å². The third-order valence-corrected chi connectivity index (χ3v) is 7.58. The van der Waals surface area contributed by atoms with E-state index in [2.05, 4.69) is 11.9 Å². The molecule has 2 heterocycles.